The van der Waals surface area contributed by atoms with Crippen molar-refractivity contribution in [1.82, 2.24) is 0 Å². The second kappa shape index (κ2) is 6.62. The summed E-state index contributed by atoms with van der Waals surface area (Å²) in [7, 11) is 1.40. The summed E-state index contributed by atoms with van der Waals surface area (Å²) in [6.07, 6.45) is 0. The SMILES string of the molecule is NC(=S)[S][Mo].[Mo]. The molecule has 0 amide bonds. The fraction of sp³-hybridized carbons (Fsp3) is 0. The van der Waals surface area contributed by atoms with E-state index in [2.05, 4.69) is 12.2 Å². The number of nitrogens with two attached hydrogens (primary N) is 1. The van der Waals surface area contributed by atoms with Crippen molar-refractivity contribution < 1.29 is 39.6 Å². The van der Waals surface area contributed by atoms with E-state index in [1.807, 2.05) is 0 Å². The molecule has 0 fully saturated rings. The van der Waals surface area contributed by atoms with E-state index < -0.39 is 0 Å². The molecular weight excluding hydrogens is 282 g/mol. The molecule has 0 aromatic heterocycles. The van der Waals surface area contributed by atoms with Crippen LogP contribution in [-0.2, 0) is 39.6 Å². The topological polar surface area (TPSA) is 26.0 Å². The summed E-state index contributed by atoms with van der Waals surface area (Å²) in [6.45, 7) is 0. The summed E-state index contributed by atoms with van der Waals surface area (Å²) < 4.78 is 0.509. The second-order valence-electron chi connectivity index (χ2n) is 0.402. The van der Waals surface area contributed by atoms with E-state index in [0.29, 0.717) is 4.32 Å². The van der Waals surface area contributed by atoms with Crippen LogP contribution in [0, 0.1) is 0 Å². The van der Waals surface area contributed by atoms with Crippen LogP contribution in [0.3, 0.4) is 0 Å². The smallest absolute Gasteiger partial charge is 0 e. The molecule has 0 saturated carbocycles. The van der Waals surface area contributed by atoms with Crippen LogP contribution in [0.15, 0.2) is 0 Å². The van der Waals surface area contributed by atoms with Gasteiger partial charge >= 0.3 is 50.3 Å². The van der Waals surface area contributed by atoms with Gasteiger partial charge in [-0.1, -0.05) is 0 Å². The first kappa shape index (κ1) is 10.6. The Bertz CT molecular complexity index is 46.8. The van der Waals surface area contributed by atoms with Gasteiger partial charge in [-0.15, -0.1) is 0 Å². The molecule has 0 aliphatic rings. The minimum Gasteiger partial charge on any atom is 0 e. The minimum atomic E-state index is 0. The maximum absolute atomic E-state index is 4.99. The maximum Gasteiger partial charge on any atom is 0 e. The molecule has 0 aliphatic heterocycles. The first-order chi connectivity index (χ1) is 2.27. The number of thiocarbonyl (C=S) groups is 1. The van der Waals surface area contributed by atoms with Crippen molar-refractivity contribution in [3.05, 3.63) is 0 Å². The molecule has 0 bridgehead atoms. The second-order valence-corrected chi connectivity index (χ2v) is 2.94. The van der Waals surface area contributed by atoms with Gasteiger partial charge in [0, 0.05) is 21.1 Å². The number of rotatable bonds is 0. The third kappa shape index (κ3) is 9.15. The first-order valence-corrected chi connectivity index (χ1v) is 4.47. The van der Waals surface area contributed by atoms with Crippen LogP contribution in [0.1, 0.15) is 0 Å². The molecule has 0 aliphatic carbocycles. The van der Waals surface area contributed by atoms with E-state index in [4.69, 9.17) is 5.73 Å². The molecule has 0 aromatic rings. The van der Waals surface area contributed by atoms with E-state index in [1.54, 1.807) is 18.5 Å². The summed E-state index contributed by atoms with van der Waals surface area (Å²) in [5.41, 5.74) is 4.99. The quantitative estimate of drug-likeness (QED) is 0.516. The van der Waals surface area contributed by atoms with Crippen molar-refractivity contribution in [3.63, 3.8) is 0 Å². The average Bonchev–Trinajstić information content (AvgIpc) is 1.38. The minimum absolute atomic E-state index is 0. The van der Waals surface area contributed by atoms with Gasteiger partial charge in [0.15, 0.2) is 0 Å². The van der Waals surface area contributed by atoms with Gasteiger partial charge in [-0.25, -0.2) is 0 Å². The fourth-order valence-corrected chi connectivity index (χ4v) is 0. The molecule has 0 rings (SSSR count). The zero-order chi connectivity index (χ0) is 4.28. The van der Waals surface area contributed by atoms with Gasteiger partial charge in [-0.05, 0) is 0 Å². The Kier molecular flexibility index (Phi) is 11.7. The van der Waals surface area contributed by atoms with Crippen molar-refractivity contribution in [2.75, 3.05) is 0 Å². The number of hydrogen-bond acceptors (Lipinski definition) is 2. The van der Waals surface area contributed by atoms with E-state index in [-0.39, 0.29) is 21.1 Å². The summed E-state index contributed by atoms with van der Waals surface area (Å²) in [4.78, 5) is 0. The van der Waals surface area contributed by atoms with Gasteiger partial charge < -0.3 is 0 Å². The largest absolute Gasteiger partial charge is 0 e. The van der Waals surface area contributed by atoms with Crippen LogP contribution in [0.5, 0.6) is 0 Å². The summed E-state index contributed by atoms with van der Waals surface area (Å²) >= 11 is 6.23. The molecule has 0 spiro atoms. The van der Waals surface area contributed by atoms with Crippen LogP contribution >= 0.6 is 21.7 Å². The summed E-state index contributed by atoms with van der Waals surface area (Å²) in [5.74, 6) is 0. The molecule has 0 unspecified atom stereocenters. The van der Waals surface area contributed by atoms with Gasteiger partial charge in [0.25, 0.3) is 0 Å². The van der Waals surface area contributed by atoms with Crippen molar-refractivity contribution in [1.29, 1.82) is 0 Å². The molecule has 0 aromatic carbocycles. The summed E-state index contributed by atoms with van der Waals surface area (Å²) in [6, 6.07) is 0. The van der Waals surface area contributed by atoms with E-state index >= 15 is 0 Å². The van der Waals surface area contributed by atoms with Gasteiger partial charge in [0.2, 0.25) is 0 Å². The maximum atomic E-state index is 4.99. The van der Waals surface area contributed by atoms with Gasteiger partial charge in [-0.2, -0.15) is 0 Å². The molecule has 0 heterocycles. The zero-order valence-electron chi connectivity index (χ0n) is 2.71. The Hall–Kier alpha value is 1.62. The summed E-state index contributed by atoms with van der Waals surface area (Å²) in [5, 5.41) is 0. The molecular formula is CH2Mo2NS2. The predicted octanol–water partition coefficient (Wildman–Crippen LogP) is 0.423. The van der Waals surface area contributed by atoms with Crippen LogP contribution in [0.25, 0.3) is 0 Å². The molecule has 0 saturated heterocycles. The molecule has 35 valence electrons. The Morgan fingerprint density at radius 2 is 2.00 bits per heavy atom. The predicted molar refractivity (Wildman–Crippen MR) is 24.4 cm³/mol. The van der Waals surface area contributed by atoms with Crippen molar-refractivity contribution >= 4 is 26.0 Å². The molecule has 0 atom stereocenters. The Morgan fingerprint density at radius 1 is 1.83 bits per heavy atom. The molecule has 6 heavy (non-hydrogen) atoms. The van der Waals surface area contributed by atoms with E-state index in [1.165, 1.54) is 9.47 Å². The first-order valence-electron chi connectivity index (χ1n) is 0.864. The molecule has 0 radical (unpaired) electrons. The van der Waals surface area contributed by atoms with Crippen LogP contribution in [0.2, 0.25) is 0 Å². The van der Waals surface area contributed by atoms with Crippen LogP contribution in [0.4, 0.5) is 0 Å². The van der Waals surface area contributed by atoms with Crippen molar-refractivity contribution in [2.24, 2.45) is 5.73 Å². The fourth-order valence-electron chi connectivity index (χ4n) is 0. The zero-order valence-corrected chi connectivity index (χ0v) is 8.36. The molecule has 5 heteroatoms. The van der Waals surface area contributed by atoms with Crippen molar-refractivity contribution in [2.45, 2.75) is 0 Å². The molecule has 2 N–H and O–H groups in total. The van der Waals surface area contributed by atoms with Gasteiger partial charge in [0.05, 0.1) is 0 Å². The van der Waals surface area contributed by atoms with Crippen molar-refractivity contribution in [3.8, 4) is 0 Å². The Labute approximate surface area is 70.7 Å². The Morgan fingerprint density at radius 3 is 2.00 bits per heavy atom. The van der Waals surface area contributed by atoms with Gasteiger partial charge in [0.1, 0.15) is 0 Å². The third-order valence-corrected chi connectivity index (χ3v) is 2.67. The Balaban J connectivity index is 0. The van der Waals surface area contributed by atoms with E-state index in [0.717, 1.165) is 0 Å². The molecule has 1 nitrogen and oxygen atoms in total. The van der Waals surface area contributed by atoms with Gasteiger partial charge in [-0.3, -0.25) is 0 Å². The van der Waals surface area contributed by atoms with Crippen LogP contribution in [-0.4, -0.2) is 4.32 Å². The third-order valence-electron chi connectivity index (χ3n) is 0.0821. The van der Waals surface area contributed by atoms with E-state index in [9.17, 15) is 0 Å². The monoisotopic (exact) mass is 288 g/mol. The number of hydrogen-bond donors (Lipinski definition) is 1. The van der Waals surface area contributed by atoms with Crippen LogP contribution < -0.4 is 5.73 Å². The normalized spacial score (nSPS) is 6.00. The standard InChI is InChI=1S/CH3NS2.2Mo/c2-1(3)4;;/h(H3,2,3,4);;/q;;+1/p-1. The average molecular weight is 284 g/mol.